The molecule has 0 fully saturated rings. The van der Waals surface area contributed by atoms with Gasteiger partial charge in [-0.05, 0) is 49.4 Å². The fourth-order valence-electron chi connectivity index (χ4n) is 1.96. The highest BCUT2D eigenvalue weighted by Crippen LogP contribution is 2.28. The summed E-state index contributed by atoms with van der Waals surface area (Å²) in [6, 6.07) is 5.58. The van der Waals surface area contributed by atoms with E-state index < -0.39 is 0 Å². The van der Waals surface area contributed by atoms with E-state index in [1.807, 2.05) is 12.1 Å². The van der Waals surface area contributed by atoms with E-state index in [9.17, 15) is 5.11 Å². The van der Waals surface area contributed by atoms with E-state index in [0.29, 0.717) is 5.75 Å². The highest BCUT2D eigenvalue weighted by molar-refractivity contribution is 5.37. The van der Waals surface area contributed by atoms with Crippen molar-refractivity contribution in [2.75, 3.05) is 0 Å². The van der Waals surface area contributed by atoms with Gasteiger partial charge in [-0.3, -0.25) is 0 Å². The van der Waals surface area contributed by atoms with Gasteiger partial charge < -0.3 is 10.8 Å². The summed E-state index contributed by atoms with van der Waals surface area (Å²) in [7, 11) is 0. The third-order valence-corrected chi connectivity index (χ3v) is 2.75. The third kappa shape index (κ3) is 1.68. The first kappa shape index (κ1) is 8.57. The molecule has 0 amide bonds. The Balaban J connectivity index is 2.38. The number of phenolic OH excluding ortho intramolecular Hbond substituents is 1. The number of fused-ring (bicyclic) bond motifs is 1. The second-order valence-electron chi connectivity index (χ2n) is 4.28. The van der Waals surface area contributed by atoms with Gasteiger partial charge in [-0.1, -0.05) is 6.07 Å². The molecule has 3 N–H and O–H groups in total. The summed E-state index contributed by atoms with van der Waals surface area (Å²) in [4.78, 5) is 0. The van der Waals surface area contributed by atoms with E-state index >= 15 is 0 Å². The first-order chi connectivity index (χ1) is 6.07. The number of hydrogen-bond acceptors (Lipinski definition) is 2. The minimum absolute atomic E-state index is 0.0964. The Morgan fingerprint density at radius 3 is 2.92 bits per heavy atom. The molecule has 0 aromatic heterocycles. The molecule has 2 rings (SSSR count). The van der Waals surface area contributed by atoms with Crippen LogP contribution in [0.15, 0.2) is 18.2 Å². The maximum absolute atomic E-state index is 9.32. The average Bonchev–Trinajstić information content (AvgIpc) is 2.01. The molecule has 0 bridgehead atoms. The second-order valence-corrected chi connectivity index (χ2v) is 4.28. The Bertz CT molecular complexity index is 331. The fraction of sp³-hybridized carbons (Fsp3) is 0.455. The molecular formula is C11H15NO. The molecule has 0 saturated heterocycles. The van der Waals surface area contributed by atoms with Crippen LogP contribution >= 0.6 is 0 Å². The van der Waals surface area contributed by atoms with E-state index in [2.05, 4.69) is 6.92 Å². The van der Waals surface area contributed by atoms with Crippen LogP contribution in [0.5, 0.6) is 5.75 Å². The molecule has 1 aromatic rings. The number of hydrogen-bond donors (Lipinski definition) is 2. The third-order valence-electron chi connectivity index (χ3n) is 2.75. The van der Waals surface area contributed by atoms with Crippen molar-refractivity contribution in [3.8, 4) is 5.75 Å². The first-order valence-electron chi connectivity index (χ1n) is 4.66. The van der Waals surface area contributed by atoms with Gasteiger partial charge >= 0.3 is 0 Å². The van der Waals surface area contributed by atoms with Crippen molar-refractivity contribution in [3.05, 3.63) is 29.3 Å². The van der Waals surface area contributed by atoms with Crippen molar-refractivity contribution in [1.82, 2.24) is 0 Å². The van der Waals surface area contributed by atoms with Gasteiger partial charge in [0, 0.05) is 5.54 Å². The molecule has 2 heteroatoms. The summed E-state index contributed by atoms with van der Waals surface area (Å²) >= 11 is 0. The van der Waals surface area contributed by atoms with Crippen molar-refractivity contribution < 1.29 is 5.11 Å². The number of phenols is 1. The second kappa shape index (κ2) is 2.74. The quantitative estimate of drug-likeness (QED) is 0.632. The molecule has 1 aromatic carbocycles. The van der Waals surface area contributed by atoms with Crippen LogP contribution in [0.3, 0.4) is 0 Å². The lowest BCUT2D eigenvalue weighted by molar-refractivity contribution is 0.406. The number of aromatic hydroxyl groups is 1. The van der Waals surface area contributed by atoms with Gasteiger partial charge in [-0.2, -0.15) is 0 Å². The molecule has 0 spiro atoms. The normalized spacial score (nSPS) is 26.9. The van der Waals surface area contributed by atoms with E-state index in [4.69, 9.17) is 5.73 Å². The maximum Gasteiger partial charge on any atom is 0.115 e. The fourth-order valence-corrected chi connectivity index (χ4v) is 1.96. The highest BCUT2D eigenvalue weighted by Gasteiger charge is 2.25. The van der Waals surface area contributed by atoms with Crippen molar-refractivity contribution in [2.45, 2.75) is 31.7 Å². The lowest BCUT2D eigenvalue weighted by Gasteiger charge is -2.31. The van der Waals surface area contributed by atoms with Crippen molar-refractivity contribution in [1.29, 1.82) is 0 Å². The zero-order chi connectivity index (χ0) is 9.47. The average molecular weight is 177 g/mol. The van der Waals surface area contributed by atoms with Crippen LogP contribution in [0, 0.1) is 0 Å². The summed E-state index contributed by atoms with van der Waals surface area (Å²) < 4.78 is 0. The Morgan fingerprint density at radius 1 is 1.38 bits per heavy atom. The van der Waals surface area contributed by atoms with Gasteiger partial charge in [0.15, 0.2) is 0 Å². The van der Waals surface area contributed by atoms with Crippen LogP contribution in [0.2, 0.25) is 0 Å². The number of aryl methyl sites for hydroxylation is 1. The van der Waals surface area contributed by atoms with E-state index in [-0.39, 0.29) is 5.54 Å². The Labute approximate surface area is 78.4 Å². The predicted molar refractivity (Wildman–Crippen MR) is 52.7 cm³/mol. The largest absolute Gasteiger partial charge is 0.508 e. The topological polar surface area (TPSA) is 46.2 Å². The lowest BCUT2D eigenvalue weighted by Crippen LogP contribution is -2.41. The van der Waals surface area contributed by atoms with Gasteiger partial charge in [-0.25, -0.2) is 0 Å². The Hall–Kier alpha value is -1.02. The maximum atomic E-state index is 9.32. The molecule has 70 valence electrons. The van der Waals surface area contributed by atoms with E-state index in [1.165, 1.54) is 11.1 Å². The zero-order valence-corrected chi connectivity index (χ0v) is 7.88. The predicted octanol–water partition coefficient (Wildman–Crippen LogP) is 1.60. The van der Waals surface area contributed by atoms with Gasteiger partial charge in [0.2, 0.25) is 0 Å². The van der Waals surface area contributed by atoms with Crippen LogP contribution in [-0.4, -0.2) is 10.6 Å². The molecule has 2 nitrogen and oxygen atoms in total. The van der Waals surface area contributed by atoms with E-state index in [0.717, 1.165) is 19.3 Å². The minimum Gasteiger partial charge on any atom is -0.508 e. The van der Waals surface area contributed by atoms with Gasteiger partial charge in [0.1, 0.15) is 5.75 Å². The molecule has 0 heterocycles. The Morgan fingerprint density at radius 2 is 2.15 bits per heavy atom. The van der Waals surface area contributed by atoms with Gasteiger partial charge in [0.25, 0.3) is 0 Å². The summed E-state index contributed by atoms with van der Waals surface area (Å²) in [6.07, 6.45) is 2.93. The molecular weight excluding hydrogens is 162 g/mol. The Kier molecular flexibility index (Phi) is 1.81. The van der Waals surface area contributed by atoms with Crippen LogP contribution in [-0.2, 0) is 12.8 Å². The molecule has 0 saturated carbocycles. The van der Waals surface area contributed by atoms with E-state index in [1.54, 1.807) is 6.07 Å². The highest BCUT2D eigenvalue weighted by atomic mass is 16.3. The molecule has 1 aliphatic rings. The molecule has 1 aliphatic carbocycles. The molecule has 1 atom stereocenters. The number of nitrogens with two attached hydrogens (primary N) is 1. The molecule has 13 heavy (non-hydrogen) atoms. The smallest absolute Gasteiger partial charge is 0.115 e. The standard InChI is InChI=1S/C11H15NO/c1-11(12)5-4-8-2-3-10(13)6-9(8)7-11/h2-3,6,13H,4-5,7,12H2,1H3. The van der Waals surface area contributed by atoms with Gasteiger partial charge in [-0.15, -0.1) is 0 Å². The van der Waals surface area contributed by atoms with Crippen LogP contribution in [0.25, 0.3) is 0 Å². The van der Waals surface area contributed by atoms with Crippen LogP contribution < -0.4 is 5.73 Å². The summed E-state index contributed by atoms with van der Waals surface area (Å²) in [5.74, 6) is 0.344. The number of rotatable bonds is 0. The van der Waals surface area contributed by atoms with Crippen molar-refractivity contribution >= 4 is 0 Å². The summed E-state index contributed by atoms with van der Waals surface area (Å²) in [5, 5.41) is 9.32. The first-order valence-corrected chi connectivity index (χ1v) is 4.66. The minimum atomic E-state index is -0.0964. The zero-order valence-electron chi connectivity index (χ0n) is 7.88. The molecule has 0 aliphatic heterocycles. The van der Waals surface area contributed by atoms with Crippen molar-refractivity contribution in [2.24, 2.45) is 5.73 Å². The lowest BCUT2D eigenvalue weighted by atomic mass is 9.80. The van der Waals surface area contributed by atoms with Crippen LogP contribution in [0.1, 0.15) is 24.5 Å². The van der Waals surface area contributed by atoms with Crippen LogP contribution in [0.4, 0.5) is 0 Å². The number of benzene rings is 1. The monoisotopic (exact) mass is 177 g/mol. The van der Waals surface area contributed by atoms with Gasteiger partial charge in [0.05, 0.1) is 0 Å². The summed E-state index contributed by atoms with van der Waals surface area (Å²) in [5.41, 5.74) is 8.50. The summed E-state index contributed by atoms with van der Waals surface area (Å²) in [6.45, 7) is 2.07. The SMILES string of the molecule is CC1(N)CCc2ccc(O)cc2C1. The molecule has 0 radical (unpaired) electrons. The van der Waals surface area contributed by atoms with Crippen molar-refractivity contribution in [3.63, 3.8) is 0 Å². The molecule has 1 unspecified atom stereocenters.